The van der Waals surface area contributed by atoms with Crippen LogP contribution in [-0.2, 0) is 11.3 Å². The zero-order valence-corrected chi connectivity index (χ0v) is 16.1. The molecule has 4 rings (SSSR count). The number of hydrogen-bond acceptors (Lipinski definition) is 4. The number of fused-ring (bicyclic) bond motifs is 1. The van der Waals surface area contributed by atoms with E-state index >= 15 is 0 Å². The van der Waals surface area contributed by atoms with Crippen LogP contribution >= 0.6 is 0 Å². The van der Waals surface area contributed by atoms with E-state index in [1.54, 1.807) is 0 Å². The number of rotatable bonds is 6. The molecule has 2 aromatic carbocycles. The Bertz CT molecular complexity index is 905. The molecule has 1 unspecified atom stereocenters. The van der Waals surface area contributed by atoms with Crippen LogP contribution in [-0.4, -0.2) is 53.9 Å². The lowest BCUT2D eigenvalue weighted by Crippen LogP contribution is -2.41. The maximum atomic E-state index is 6.09. The van der Waals surface area contributed by atoms with Gasteiger partial charge in [-0.1, -0.05) is 37.3 Å². The Hall–Kier alpha value is -2.37. The fourth-order valence-corrected chi connectivity index (χ4v) is 3.70. The van der Waals surface area contributed by atoms with Gasteiger partial charge in [-0.15, -0.1) is 0 Å². The number of aromatic nitrogens is 2. The first kappa shape index (κ1) is 18.0. The second-order valence-electron chi connectivity index (χ2n) is 7.17. The highest BCUT2D eigenvalue weighted by Crippen LogP contribution is 2.36. The van der Waals surface area contributed by atoms with E-state index in [0.29, 0.717) is 6.61 Å². The Morgan fingerprint density at radius 3 is 2.96 bits per heavy atom. The number of benzene rings is 2. The topological polar surface area (TPSA) is 39.5 Å². The molecule has 0 bridgehead atoms. The molecule has 1 atom stereocenters. The highest BCUT2D eigenvalue weighted by atomic mass is 16.5. The summed E-state index contributed by atoms with van der Waals surface area (Å²) in [5, 5.41) is 2.36. The van der Waals surface area contributed by atoms with Gasteiger partial charge in [-0.2, -0.15) is 0 Å². The van der Waals surface area contributed by atoms with Gasteiger partial charge >= 0.3 is 0 Å². The molecule has 2 heterocycles. The number of hydrogen-bond donors (Lipinski definition) is 0. The third-order valence-corrected chi connectivity index (χ3v) is 5.03. The van der Waals surface area contributed by atoms with Crippen LogP contribution in [0.3, 0.4) is 0 Å². The van der Waals surface area contributed by atoms with Gasteiger partial charge in [-0.3, -0.25) is 0 Å². The Balaban J connectivity index is 1.74. The van der Waals surface area contributed by atoms with E-state index in [1.165, 1.54) is 10.8 Å². The molecule has 27 heavy (non-hydrogen) atoms. The van der Waals surface area contributed by atoms with Crippen LogP contribution in [0, 0.1) is 0 Å². The van der Waals surface area contributed by atoms with Crippen LogP contribution < -0.4 is 4.74 Å². The summed E-state index contributed by atoms with van der Waals surface area (Å²) in [5.74, 6) is 1.83. The van der Waals surface area contributed by atoms with Crippen molar-refractivity contribution >= 4 is 10.8 Å². The molecule has 1 aromatic heterocycles. The number of nitrogens with zero attached hydrogens (tertiary/aromatic N) is 3. The van der Waals surface area contributed by atoms with Gasteiger partial charge in [0.15, 0.2) is 0 Å². The smallest absolute Gasteiger partial charge is 0.144 e. The second-order valence-corrected chi connectivity index (χ2v) is 7.17. The minimum Gasteiger partial charge on any atom is -0.493 e. The first-order valence-corrected chi connectivity index (χ1v) is 9.72. The summed E-state index contributed by atoms with van der Waals surface area (Å²) in [6.45, 7) is 6.32. The van der Waals surface area contributed by atoms with Gasteiger partial charge in [0.1, 0.15) is 11.6 Å². The van der Waals surface area contributed by atoms with Gasteiger partial charge in [0.25, 0.3) is 0 Å². The summed E-state index contributed by atoms with van der Waals surface area (Å²) in [6.07, 6.45) is 5.06. The normalized spacial score (nSPS) is 18.1. The Morgan fingerprint density at radius 1 is 1.22 bits per heavy atom. The van der Waals surface area contributed by atoms with Gasteiger partial charge in [0.05, 0.1) is 31.4 Å². The molecule has 0 saturated carbocycles. The number of likely N-dealkylation sites (N-methyl/N-ethyl adjacent to an activating group) is 1. The maximum Gasteiger partial charge on any atom is 0.144 e. The van der Waals surface area contributed by atoms with E-state index in [1.807, 2.05) is 12.4 Å². The quantitative estimate of drug-likeness (QED) is 0.666. The molecule has 5 nitrogen and oxygen atoms in total. The van der Waals surface area contributed by atoms with Crippen LogP contribution in [0.15, 0.2) is 48.8 Å². The highest BCUT2D eigenvalue weighted by molar-refractivity contribution is 5.98. The van der Waals surface area contributed by atoms with E-state index in [-0.39, 0.29) is 6.10 Å². The molecule has 0 N–H and O–H groups in total. The number of imidazole rings is 1. The fraction of sp³-hybridized carbons (Fsp3) is 0.409. The van der Waals surface area contributed by atoms with Crippen LogP contribution in [0.25, 0.3) is 22.2 Å². The van der Waals surface area contributed by atoms with Gasteiger partial charge in [0, 0.05) is 25.5 Å². The molecule has 142 valence electrons. The van der Waals surface area contributed by atoms with Gasteiger partial charge < -0.3 is 18.9 Å². The maximum absolute atomic E-state index is 6.09. The lowest BCUT2D eigenvalue weighted by atomic mass is 10.0. The highest BCUT2D eigenvalue weighted by Gasteiger charge is 2.21. The SMILES string of the molecule is CCCOc1ccc2ccccc2c1-c1nccn1CC1CN(C)CCO1. The summed E-state index contributed by atoms with van der Waals surface area (Å²) in [7, 11) is 2.14. The van der Waals surface area contributed by atoms with Crippen molar-refractivity contribution in [1.29, 1.82) is 0 Å². The van der Waals surface area contributed by atoms with Crippen LogP contribution in [0.1, 0.15) is 13.3 Å². The molecule has 5 heteroatoms. The van der Waals surface area contributed by atoms with E-state index in [0.717, 1.165) is 49.8 Å². The van der Waals surface area contributed by atoms with Crippen LogP contribution in [0.2, 0.25) is 0 Å². The average Bonchev–Trinajstić information content (AvgIpc) is 3.13. The van der Waals surface area contributed by atoms with Gasteiger partial charge in [0.2, 0.25) is 0 Å². The summed E-state index contributed by atoms with van der Waals surface area (Å²) in [6, 6.07) is 12.6. The van der Waals surface area contributed by atoms with Crippen molar-refractivity contribution in [3.05, 3.63) is 48.8 Å². The summed E-state index contributed by atoms with van der Waals surface area (Å²) >= 11 is 0. The lowest BCUT2D eigenvalue weighted by Gasteiger charge is -2.30. The van der Waals surface area contributed by atoms with E-state index in [2.05, 4.69) is 59.8 Å². The van der Waals surface area contributed by atoms with E-state index in [9.17, 15) is 0 Å². The Labute approximate surface area is 160 Å². The van der Waals surface area contributed by atoms with Crippen LogP contribution in [0.4, 0.5) is 0 Å². The summed E-state index contributed by atoms with van der Waals surface area (Å²) in [4.78, 5) is 7.02. The zero-order chi connectivity index (χ0) is 18.6. The average molecular weight is 365 g/mol. The lowest BCUT2D eigenvalue weighted by molar-refractivity contribution is -0.0272. The molecule has 1 aliphatic heterocycles. The van der Waals surface area contributed by atoms with Gasteiger partial charge in [-0.25, -0.2) is 4.98 Å². The largest absolute Gasteiger partial charge is 0.493 e. The third-order valence-electron chi connectivity index (χ3n) is 5.03. The molecular formula is C22H27N3O2. The molecule has 1 aliphatic rings. The fourth-order valence-electron chi connectivity index (χ4n) is 3.70. The standard InChI is InChI=1S/C22H27N3O2/c1-3-13-27-20-9-8-17-6-4-5-7-19(17)21(20)22-23-10-11-25(22)16-18-15-24(2)12-14-26-18/h4-11,18H,3,12-16H2,1-2H3. The molecule has 3 aromatic rings. The van der Waals surface area contributed by atoms with Crippen LogP contribution in [0.5, 0.6) is 5.75 Å². The predicted octanol–water partition coefficient (Wildman–Crippen LogP) is 3.82. The van der Waals surface area contributed by atoms with Crippen molar-refractivity contribution < 1.29 is 9.47 Å². The van der Waals surface area contributed by atoms with Crippen molar-refractivity contribution in [1.82, 2.24) is 14.5 Å². The number of ether oxygens (including phenoxy) is 2. The molecule has 1 fully saturated rings. The van der Waals surface area contributed by atoms with Crippen molar-refractivity contribution in [2.75, 3.05) is 33.4 Å². The van der Waals surface area contributed by atoms with Crippen molar-refractivity contribution in [2.45, 2.75) is 26.0 Å². The minimum absolute atomic E-state index is 0.173. The molecule has 0 amide bonds. The van der Waals surface area contributed by atoms with E-state index < -0.39 is 0 Å². The predicted molar refractivity (Wildman–Crippen MR) is 108 cm³/mol. The minimum atomic E-state index is 0.173. The summed E-state index contributed by atoms with van der Waals surface area (Å²) in [5.41, 5.74) is 1.07. The Kier molecular flexibility index (Phi) is 5.41. The molecule has 1 saturated heterocycles. The second kappa shape index (κ2) is 8.11. The third kappa shape index (κ3) is 3.84. The Morgan fingerprint density at radius 2 is 2.11 bits per heavy atom. The molecular weight excluding hydrogens is 338 g/mol. The van der Waals surface area contributed by atoms with Gasteiger partial charge in [-0.05, 0) is 30.3 Å². The molecule has 0 spiro atoms. The molecule has 0 radical (unpaired) electrons. The first-order valence-electron chi connectivity index (χ1n) is 9.72. The van der Waals surface area contributed by atoms with Crippen molar-refractivity contribution in [3.63, 3.8) is 0 Å². The summed E-state index contributed by atoms with van der Waals surface area (Å²) < 4.78 is 14.3. The number of morpholine rings is 1. The first-order chi connectivity index (χ1) is 13.3. The van der Waals surface area contributed by atoms with Crippen molar-refractivity contribution in [3.8, 4) is 17.1 Å². The monoisotopic (exact) mass is 365 g/mol. The van der Waals surface area contributed by atoms with E-state index in [4.69, 9.17) is 14.5 Å². The van der Waals surface area contributed by atoms with Crippen molar-refractivity contribution in [2.24, 2.45) is 0 Å². The molecule has 0 aliphatic carbocycles. The zero-order valence-electron chi connectivity index (χ0n) is 16.1.